The molecule has 0 fully saturated rings. The maximum absolute atomic E-state index is 13.2. The van der Waals surface area contributed by atoms with Crippen molar-refractivity contribution in [2.75, 3.05) is 5.32 Å². The van der Waals surface area contributed by atoms with Gasteiger partial charge in [-0.1, -0.05) is 43.3 Å². The molecule has 0 aliphatic carbocycles. The van der Waals surface area contributed by atoms with Crippen LogP contribution < -0.4 is 5.32 Å². The summed E-state index contributed by atoms with van der Waals surface area (Å²) in [6.07, 6.45) is 0. The summed E-state index contributed by atoms with van der Waals surface area (Å²) in [5.41, 5.74) is 3.01. The fourth-order valence-electron chi connectivity index (χ4n) is 3.48. The van der Waals surface area contributed by atoms with Crippen LogP contribution in [-0.2, 0) is 0 Å². The Kier molecular flexibility index (Phi) is 6.84. The molecule has 140 valence electrons. The lowest BCUT2D eigenvalue weighted by Gasteiger charge is -2.32. The summed E-state index contributed by atoms with van der Waals surface area (Å²) in [5, 5.41) is 3.56. The van der Waals surface area contributed by atoms with Gasteiger partial charge in [-0.15, -0.1) is 0 Å². The van der Waals surface area contributed by atoms with E-state index in [1.54, 1.807) is 0 Å². The van der Waals surface area contributed by atoms with E-state index in [1.807, 2.05) is 41.3 Å². The van der Waals surface area contributed by atoms with Crippen LogP contribution in [0.1, 0.15) is 63.4 Å². The molecule has 2 rings (SSSR count). The van der Waals surface area contributed by atoms with Gasteiger partial charge in [-0.3, -0.25) is 4.79 Å². The van der Waals surface area contributed by atoms with Gasteiger partial charge < -0.3 is 10.2 Å². The summed E-state index contributed by atoms with van der Waals surface area (Å²) < 4.78 is 0. The van der Waals surface area contributed by atoms with Crippen LogP contribution in [0.3, 0.4) is 0 Å². The minimum absolute atomic E-state index is 0.115. The molecule has 0 aliphatic heterocycles. The van der Waals surface area contributed by atoms with Crippen LogP contribution in [0.25, 0.3) is 0 Å². The molecular weight excluding hydrogens is 320 g/mol. The van der Waals surface area contributed by atoms with Crippen LogP contribution in [-0.4, -0.2) is 28.9 Å². The summed E-state index contributed by atoms with van der Waals surface area (Å²) in [6, 6.07) is 18.8. The lowest BCUT2D eigenvalue weighted by atomic mass is 9.89. The molecule has 0 heterocycles. The summed E-state index contributed by atoms with van der Waals surface area (Å²) in [5.74, 6) is 0.320. The molecule has 0 saturated heterocycles. The van der Waals surface area contributed by atoms with Crippen molar-refractivity contribution in [1.82, 2.24) is 4.90 Å². The predicted molar refractivity (Wildman–Crippen MR) is 111 cm³/mol. The van der Waals surface area contributed by atoms with Crippen molar-refractivity contribution >= 4 is 11.6 Å². The van der Waals surface area contributed by atoms with E-state index < -0.39 is 0 Å². The number of anilines is 1. The molecule has 0 saturated carbocycles. The van der Waals surface area contributed by atoms with Gasteiger partial charge in [0.15, 0.2) is 0 Å². The Morgan fingerprint density at radius 2 is 1.35 bits per heavy atom. The Morgan fingerprint density at radius 3 is 1.92 bits per heavy atom. The first-order valence-corrected chi connectivity index (χ1v) is 9.56. The van der Waals surface area contributed by atoms with Crippen molar-refractivity contribution in [2.24, 2.45) is 0 Å². The number of amides is 1. The first-order chi connectivity index (χ1) is 12.3. The molecule has 0 bridgehead atoms. The lowest BCUT2D eigenvalue weighted by molar-refractivity contribution is 0.0642. The van der Waals surface area contributed by atoms with Gasteiger partial charge >= 0.3 is 0 Å². The molecule has 26 heavy (non-hydrogen) atoms. The summed E-state index contributed by atoms with van der Waals surface area (Å²) in [4.78, 5) is 15.2. The fourth-order valence-corrected chi connectivity index (χ4v) is 3.48. The Morgan fingerprint density at radius 1 is 0.808 bits per heavy atom. The number of hydrogen-bond acceptors (Lipinski definition) is 2. The van der Waals surface area contributed by atoms with Gasteiger partial charge in [-0.2, -0.15) is 0 Å². The van der Waals surface area contributed by atoms with E-state index in [4.69, 9.17) is 0 Å². The number of benzene rings is 2. The van der Waals surface area contributed by atoms with Crippen molar-refractivity contribution < 1.29 is 4.79 Å². The summed E-state index contributed by atoms with van der Waals surface area (Å²) >= 11 is 0. The number of carbonyl (C=O) groups excluding carboxylic acids is 1. The molecule has 0 unspecified atom stereocenters. The van der Waals surface area contributed by atoms with E-state index in [-0.39, 0.29) is 30.0 Å². The van der Waals surface area contributed by atoms with Gasteiger partial charge in [0.25, 0.3) is 5.91 Å². The molecule has 1 amide bonds. The standard InChI is InChI=1S/C23H32N2O/c1-16(2)25(17(3)4)23(26)22-15-11-10-14-21(22)18(5)19(6)24-20-12-8-7-9-13-20/h7-19,24H,1-6H3/t18-,19+/m0/s1. The second kappa shape index (κ2) is 8.88. The van der Waals surface area contributed by atoms with Crippen molar-refractivity contribution in [3.63, 3.8) is 0 Å². The molecule has 3 heteroatoms. The van der Waals surface area contributed by atoms with Gasteiger partial charge in [0.2, 0.25) is 0 Å². The average Bonchev–Trinajstić information content (AvgIpc) is 2.61. The summed E-state index contributed by atoms with van der Waals surface area (Å²) in [7, 11) is 0. The van der Waals surface area contributed by atoms with E-state index in [0.29, 0.717) is 0 Å². The van der Waals surface area contributed by atoms with Gasteiger partial charge in [-0.25, -0.2) is 0 Å². The van der Waals surface area contributed by atoms with Gasteiger partial charge in [-0.05, 0) is 58.4 Å². The number of para-hydroxylation sites is 1. The highest BCUT2D eigenvalue weighted by Gasteiger charge is 2.26. The minimum atomic E-state index is 0.115. The Hall–Kier alpha value is -2.29. The largest absolute Gasteiger partial charge is 0.382 e. The third-order valence-corrected chi connectivity index (χ3v) is 4.95. The Bertz CT molecular complexity index is 701. The molecule has 2 aromatic carbocycles. The maximum atomic E-state index is 13.2. The number of hydrogen-bond donors (Lipinski definition) is 1. The topological polar surface area (TPSA) is 32.3 Å². The van der Waals surface area contributed by atoms with E-state index >= 15 is 0 Å². The quantitative estimate of drug-likeness (QED) is 0.708. The highest BCUT2D eigenvalue weighted by molar-refractivity contribution is 5.96. The SMILES string of the molecule is CC(C)N(C(=O)c1ccccc1[C@@H](C)[C@@H](C)Nc1ccccc1)C(C)C. The second-order valence-electron chi connectivity index (χ2n) is 7.57. The molecule has 2 aromatic rings. The van der Waals surface area contributed by atoms with E-state index in [2.05, 4.69) is 65.1 Å². The number of rotatable bonds is 7. The highest BCUT2D eigenvalue weighted by Crippen LogP contribution is 2.27. The Labute approximate surface area is 158 Å². The summed E-state index contributed by atoms with van der Waals surface area (Å²) in [6.45, 7) is 12.6. The molecular formula is C23H32N2O. The van der Waals surface area contributed by atoms with Crippen LogP contribution in [0.2, 0.25) is 0 Å². The van der Waals surface area contributed by atoms with Crippen LogP contribution in [0.15, 0.2) is 54.6 Å². The lowest BCUT2D eigenvalue weighted by Crippen LogP contribution is -2.42. The molecule has 0 radical (unpaired) electrons. The molecule has 2 atom stereocenters. The number of nitrogens with one attached hydrogen (secondary N) is 1. The van der Waals surface area contributed by atoms with Gasteiger partial charge in [0, 0.05) is 35.3 Å². The smallest absolute Gasteiger partial charge is 0.254 e. The van der Waals surface area contributed by atoms with Gasteiger partial charge in [0.1, 0.15) is 0 Å². The van der Waals surface area contributed by atoms with Crippen molar-refractivity contribution in [3.8, 4) is 0 Å². The molecule has 0 spiro atoms. The third kappa shape index (κ3) is 4.66. The first-order valence-electron chi connectivity index (χ1n) is 9.56. The predicted octanol–water partition coefficient (Wildman–Crippen LogP) is 5.55. The number of carbonyl (C=O) groups is 1. The monoisotopic (exact) mass is 352 g/mol. The second-order valence-corrected chi connectivity index (χ2v) is 7.57. The molecule has 0 aromatic heterocycles. The van der Waals surface area contributed by atoms with E-state index in [9.17, 15) is 4.79 Å². The zero-order chi connectivity index (χ0) is 19.3. The third-order valence-electron chi connectivity index (χ3n) is 4.95. The van der Waals surface area contributed by atoms with Gasteiger partial charge in [0.05, 0.1) is 0 Å². The average molecular weight is 353 g/mol. The van der Waals surface area contributed by atoms with E-state index in [1.165, 1.54) is 0 Å². The maximum Gasteiger partial charge on any atom is 0.254 e. The van der Waals surface area contributed by atoms with E-state index in [0.717, 1.165) is 16.8 Å². The number of nitrogens with zero attached hydrogens (tertiary/aromatic N) is 1. The zero-order valence-electron chi connectivity index (χ0n) is 16.9. The zero-order valence-corrected chi connectivity index (χ0v) is 16.9. The van der Waals surface area contributed by atoms with Crippen LogP contribution in [0, 0.1) is 0 Å². The normalized spacial score (nSPS) is 13.5. The fraction of sp³-hybridized carbons (Fsp3) is 0.435. The molecule has 0 aliphatic rings. The van der Waals surface area contributed by atoms with Crippen molar-refractivity contribution in [1.29, 1.82) is 0 Å². The van der Waals surface area contributed by atoms with Crippen LogP contribution >= 0.6 is 0 Å². The minimum Gasteiger partial charge on any atom is -0.382 e. The molecule has 1 N–H and O–H groups in total. The van der Waals surface area contributed by atoms with Crippen LogP contribution in [0.5, 0.6) is 0 Å². The Balaban J connectivity index is 2.28. The van der Waals surface area contributed by atoms with Crippen LogP contribution in [0.4, 0.5) is 5.69 Å². The molecule has 3 nitrogen and oxygen atoms in total. The van der Waals surface area contributed by atoms with Crippen molar-refractivity contribution in [3.05, 3.63) is 65.7 Å². The highest BCUT2D eigenvalue weighted by atomic mass is 16.2. The van der Waals surface area contributed by atoms with Crippen molar-refractivity contribution in [2.45, 2.75) is 65.6 Å². The first kappa shape index (κ1) is 20.0.